The molecular formula is C26H23F3N4O2. The number of benzene rings is 2. The Balaban J connectivity index is 1.36. The predicted molar refractivity (Wildman–Crippen MR) is 125 cm³/mol. The number of ether oxygens (including phenoxy) is 1. The number of rotatable bonds is 3. The van der Waals surface area contributed by atoms with Gasteiger partial charge in [-0.1, -0.05) is 24.3 Å². The van der Waals surface area contributed by atoms with Crippen molar-refractivity contribution in [3.8, 4) is 16.9 Å². The summed E-state index contributed by atoms with van der Waals surface area (Å²) in [4.78, 5) is 23.5. The molecule has 6 nitrogen and oxygen atoms in total. The summed E-state index contributed by atoms with van der Waals surface area (Å²) in [6, 6.07) is 15.8. The van der Waals surface area contributed by atoms with Crippen molar-refractivity contribution in [3.05, 3.63) is 83.7 Å². The molecule has 3 aromatic rings. The molecule has 0 bridgehead atoms. The highest BCUT2D eigenvalue weighted by molar-refractivity contribution is 6.02. The highest BCUT2D eigenvalue weighted by atomic mass is 19.4. The molecule has 0 radical (unpaired) electrons. The summed E-state index contributed by atoms with van der Waals surface area (Å²) in [5, 5.41) is 3.04. The molecule has 2 aliphatic rings. The number of likely N-dealkylation sites (tertiary alicyclic amines) is 1. The average Bonchev–Trinajstić information content (AvgIpc) is 3.21. The van der Waals surface area contributed by atoms with Gasteiger partial charge in [-0.15, -0.1) is 0 Å². The SMILES string of the molecule is O=C(N[C@@H]1CCN(C2=NCCOc3ccc(-c4ccc(C(F)(F)F)cc4)cc32)C1)c1ccccn1. The van der Waals surface area contributed by atoms with Gasteiger partial charge in [0.2, 0.25) is 0 Å². The second-order valence-corrected chi connectivity index (χ2v) is 8.46. The summed E-state index contributed by atoms with van der Waals surface area (Å²) in [5.74, 6) is 1.23. The summed E-state index contributed by atoms with van der Waals surface area (Å²) < 4.78 is 44.7. The minimum absolute atomic E-state index is 0.0575. The zero-order valence-electron chi connectivity index (χ0n) is 18.8. The number of fused-ring (bicyclic) bond motifs is 1. The number of amidine groups is 1. The number of amides is 1. The number of hydrogen-bond donors (Lipinski definition) is 1. The van der Waals surface area contributed by atoms with Gasteiger partial charge < -0.3 is 15.0 Å². The monoisotopic (exact) mass is 480 g/mol. The van der Waals surface area contributed by atoms with Gasteiger partial charge in [0.15, 0.2) is 0 Å². The van der Waals surface area contributed by atoms with Crippen molar-refractivity contribution in [3.63, 3.8) is 0 Å². The number of aromatic nitrogens is 1. The fourth-order valence-corrected chi connectivity index (χ4v) is 4.35. The molecule has 180 valence electrons. The Morgan fingerprint density at radius 2 is 1.86 bits per heavy atom. The third-order valence-electron chi connectivity index (χ3n) is 6.10. The lowest BCUT2D eigenvalue weighted by molar-refractivity contribution is -0.137. The van der Waals surface area contributed by atoms with Gasteiger partial charge in [-0.25, -0.2) is 0 Å². The fraction of sp³-hybridized carbons (Fsp3) is 0.269. The van der Waals surface area contributed by atoms with Gasteiger partial charge in [-0.2, -0.15) is 13.2 Å². The van der Waals surface area contributed by atoms with Crippen molar-refractivity contribution >= 4 is 11.7 Å². The molecule has 2 aromatic carbocycles. The molecular weight excluding hydrogens is 457 g/mol. The Labute approximate surface area is 200 Å². The van der Waals surface area contributed by atoms with Crippen molar-refractivity contribution in [1.29, 1.82) is 0 Å². The number of pyridine rings is 1. The third-order valence-corrected chi connectivity index (χ3v) is 6.10. The van der Waals surface area contributed by atoms with Gasteiger partial charge in [0.25, 0.3) is 5.91 Å². The van der Waals surface area contributed by atoms with Gasteiger partial charge >= 0.3 is 6.18 Å². The largest absolute Gasteiger partial charge is 0.491 e. The minimum atomic E-state index is -4.38. The number of hydrogen-bond acceptors (Lipinski definition) is 5. The number of carbonyl (C=O) groups is 1. The van der Waals surface area contributed by atoms with Gasteiger partial charge in [0, 0.05) is 25.3 Å². The standard InChI is InChI=1S/C26H23F3N4O2/c27-26(28,29)19-7-4-17(5-8-19)18-6-9-23-21(15-18)24(31-12-14-35-23)33-13-10-20(16-33)32-25(34)22-3-1-2-11-30-22/h1-9,11,15,20H,10,12-14,16H2,(H,32,34)/t20-/m1/s1. The summed E-state index contributed by atoms with van der Waals surface area (Å²) in [6.45, 7) is 2.21. The van der Waals surface area contributed by atoms with Crippen LogP contribution in [0.15, 0.2) is 71.9 Å². The van der Waals surface area contributed by atoms with Crippen molar-refractivity contribution in [1.82, 2.24) is 15.2 Å². The Hall–Kier alpha value is -3.88. The number of nitrogens with zero attached hydrogens (tertiary/aromatic N) is 3. The van der Waals surface area contributed by atoms with E-state index in [-0.39, 0.29) is 11.9 Å². The van der Waals surface area contributed by atoms with Crippen molar-refractivity contribution in [2.45, 2.75) is 18.6 Å². The van der Waals surface area contributed by atoms with Crippen molar-refractivity contribution < 1.29 is 22.7 Å². The molecule has 1 saturated heterocycles. The highest BCUT2D eigenvalue weighted by Crippen LogP contribution is 2.33. The van der Waals surface area contributed by atoms with Crippen LogP contribution in [0.4, 0.5) is 13.2 Å². The molecule has 5 rings (SSSR count). The lowest BCUT2D eigenvalue weighted by atomic mass is 10.00. The van der Waals surface area contributed by atoms with Crippen molar-refractivity contribution in [2.24, 2.45) is 4.99 Å². The maximum absolute atomic E-state index is 13.0. The van der Waals surface area contributed by atoms with E-state index in [0.29, 0.717) is 43.2 Å². The molecule has 35 heavy (non-hydrogen) atoms. The molecule has 1 N–H and O–H groups in total. The maximum Gasteiger partial charge on any atom is 0.416 e. The Morgan fingerprint density at radius 1 is 1.06 bits per heavy atom. The third kappa shape index (κ3) is 4.99. The molecule has 1 fully saturated rings. The van der Waals surface area contributed by atoms with Crippen LogP contribution in [0.1, 0.15) is 28.0 Å². The molecule has 1 atom stereocenters. The second-order valence-electron chi connectivity index (χ2n) is 8.46. The zero-order valence-corrected chi connectivity index (χ0v) is 18.8. The van der Waals surface area contributed by atoms with E-state index in [0.717, 1.165) is 35.5 Å². The lowest BCUT2D eigenvalue weighted by Gasteiger charge is -2.22. The first-order valence-electron chi connectivity index (χ1n) is 11.3. The summed E-state index contributed by atoms with van der Waals surface area (Å²) in [5.41, 5.74) is 1.92. The molecule has 0 unspecified atom stereocenters. The van der Waals surface area contributed by atoms with E-state index in [1.807, 2.05) is 18.2 Å². The number of carbonyl (C=O) groups excluding carboxylic acids is 1. The Bertz CT molecular complexity index is 1240. The van der Waals surface area contributed by atoms with E-state index in [1.165, 1.54) is 12.1 Å². The second kappa shape index (κ2) is 9.40. The van der Waals surface area contributed by atoms with Gasteiger partial charge in [0.05, 0.1) is 17.7 Å². The first-order chi connectivity index (χ1) is 16.9. The first-order valence-corrected chi connectivity index (χ1v) is 11.3. The van der Waals surface area contributed by atoms with E-state index in [9.17, 15) is 18.0 Å². The summed E-state index contributed by atoms with van der Waals surface area (Å²) >= 11 is 0. The molecule has 2 aliphatic heterocycles. The molecule has 0 aliphatic carbocycles. The van der Waals surface area contributed by atoms with Crippen molar-refractivity contribution in [2.75, 3.05) is 26.2 Å². The number of halogens is 3. The van der Waals surface area contributed by atoms with Crippen LogP contribution >= 0.6 is 0 Å². The van der Waals surface area contributed by atoms with Gasteiger partial charge in [0.1, 0.15) is 23.9 Å². The van der Waals surface area contributed by atoms with Gasteiger partial charge in [-0.05, 0) is 53.9 Å². The normalized spacial score (nSPS) is 17.7. The molecule has 9 heteroatoms. The van der Waals surface area contributed by atoms with Crippen LogP contribution in [0.5, 0.6) is 5.75 Å². The number of aliphatic imine (C=N–C) groups is 1. The van der Waals surface area contributed by atoms with E-state index in [1.54, 1.807) is 24.4 Å². The van der Waals surface area contributed by atoms with E-state index in [2.05, 4.69) is 15.2 Å². The molecule has 3 heterocycles. The summed E-state index contributed by atoms with van der Waals surface area (Å²) in [6.07, 6.45) is -2.04. The first kappa shape index (κ1) is 22.9. The minimum Gasteiger partial charge on any atom is -0.491 e. The Kier molecular flexibility index (Phi) is 6.15. The van der Waals surface area contributed by atoms with E-state index >= 15 is 0 Å². The van der Waals surface area contributed by atoms with Crippen LogP contribution in [0.25, 0.3) is 11.1 Å². The summed E-state index contributed by atoms with van der Waals surface area (Å²) in [7, 11) is 0. The number of nitrogens with one attached hydrogen (secondary N) is 1. The molecule has 0 saturated carbocycles. The highest BCUT2D eigenvalue weighted by Gasteiger charge is 2.31. The quantitative estimate of drug-likeness (QED) is 0.603. The molecule has 1 aromatic heterocycles. The number of alkyl halides is 3. The topological polar surface area (TPSA) is 66.8 Å². The average molecular weight is 480 g/mol. The molecule has 1 amide bonds. The van der Waals surface area contributed by atoms with Crippen LogP contribution in [-0.2, 0) is 6.18 Å². The van der Waals surface area contributed by atoms with E-state index < -0.39 is 11.7 Å². The predicted octanol–water partition coefficient (Wildman–Crippen LogP) is 4.41. The Morgan fingerprint density at radius 3 is 2.60 bits per heavy atom. The smallest absolute Gasteiger partial charge is 0.416 e. The van der Waals surface area contributed by atoms with Crippen LogP contribution in [-0.4, -0.2) is 53.9 Å². The van der Waals surface area contributed by atoms with Crippen LogP contribution in [0.3, 0.4) is 0 Å². The zero-order chi connectivity index (χ0) is 24.4. The molecule has 0 spiro atoms. The lowest BCUT2D eigenvalue weighted by Crippen LogP contribution is -2.39. The van der Waals surface area contributed by atoms with Crippen LogP contribution in [0.2, 0.25) is 0 Å². The van der Waals surface area contributed by atoms with E-state index in [4.69, 9.17) is 9.73 Å². The fourth-order valence-electron chi connectivity index (χ4n) is 4.35. The van der Waals surface area contributed by atoms with Crippen LogP contribution in [0, 0.1) is 0 Å². The maximum atomic E-state index is 13.0. The van der Waals surface area contributed by atoms with Gasteiger partial charge in [-0.3, -0.25) is 14.8 Å². The van der Waals surface area contributed by atoms with Crippen LogP contribution < -0.4 is 10.1 Å².